The molecule has 1 aliphatic rings. The molecule has 1 aliphatic heterocycles. The lowest BCUT2D eigenvalue weighted by Gasteiger charge is -2.23. The summed E-state index contributed by atoms with van der Waals surface area (Å²) >= 11 is 0. The lowest BCUT2D eigenvalue weighted by molar-refractivity contribution is 0.0941. The minimum Gasteiger partial charge on any atom is -0.496 e. The van der Waals surface area contributed by atoms with Gasteiger partial charge in [0.15, 0.2) is 0 Å². The van der Waals surface area contributed by atoms with Crippen LogP contribution in [0.2, 0.25) is 0 Å². The molecule has 0 saturated carbocycles. The third-order valence-corrected chi connectivity index (χ3v) is 6.75. The van der Waals surface area contributed by atoms with Gasteiger partial charge in [-0.25, -0.2) is 8.42 Å². The van der Waals surface area contributed by atoms with Crippen molar-refractivity contribution >= 4 is 28.3 Å². The molecule has 1 aromatic rings. The number of nitrogens with one attached hydrogen (secondary N) is 2. The molecule has 0 aromatic heterocycles. The van der Waals surface area contributed by atoms with Crippen molar-refractivity contribution in [3.05, 3.63) is 23.8 Å². The van der Waals surface area contributed by atoms with Gasteiger partial charge in [0.2, 0.25) is 10.0 Å². The van der Waals surface area contributed by atoms with E-state index in [-0.39, 0.29) is 28.8 Å². The Morgan fingerprint density at radius 1 is 1.33 bits per heavy atom. The molecule has 1 atom stereocenters. The first-order valence-corrected chi connectivity index (χ1v) is 10.5. The molecule has 1 amide bonds. The van der Waals surface area contributed by atoms with Crippen LogP contribution in [0.5, 0.6) is 5.75 Å². The molecule has 1 saturated heterocycles. The molecule has 0 radical (unpaired) electrons. The largest absolute Gasteiger partial charge is 0.496 e. The number of sulfonamides is 1. The highest BCUT2D eigenvalue weighted by Crippen LogP contribution is 2.24. The van der Waals surface area contributed by atoms with Gasteiger partial charge in [-0.3, -0.25) is 4.79 Å². The topological polar surface area (TPSA) is 87.7 Å². The highest BCUT2D eigenvalue weighted by Gasteiger charge is 2.25. The number of halogens is 1. The average molecular weight is 420 g/mol. The summed E-state index contributed by atoms with van der Waals surface area (Å²) in [7, 11) is -2.16. The van der Waals surface area contributed by atoms with Crippen molar-refractivity contribution in [2.75, 3.05) is 39.8 Å². The fraction of sp³-hybridized carbons (Fsp3) is 0.611. The van der Waals surface area contributed by atoms with Crippen molar-refractivity contribution in [3.8, 4) is 5.75 Å². The fourth-order valence-electron chi connectivity index (χ4n) is 3.17. The molecule has 154 valence electrons. The van der Waals surface area contributed by atoms with Crippen molar-refractivity contribution in [1.29, 1.82) is 0 Å². The summed E-state index contributed by atoms with van der Waals surface area (Å²) < 4.78 is 32.1. The van der Waals surface area contributed by atoms with Crippen LogP contribution in [0, 0.1) is 5.92 Å². The number of hydrogen-bond donors (Lipinski definition) is 2. The minimum absolute atomic E-state index is 0. The lowest BCUT2D eigenvalue weighted by Crippen LogP contribution is -2.38. The third-order valence-electron chi connectivity index (χ3n) is 4.71. The molecule has 1 aromatic carbocycles. The highest BCUT2D eigenvalue weighted by atomic mass is 35.5. The maximum absolute atomic E-state index is 12.7. The summed E-state index contributed by atoms with van der Waals surface area (Å²) in [5.41, 5.74) is 0.240. The lowest BCUT2D eigenvalue weighted by atomic mass is 9.99. The van der Waals surface area contributed by atoms with E-state index in [1.165, 1.54) is 29.6 Å². The zero-order chi connectivity index (χ0) is 19.2. The van der Waals surface area contributed by atoms with E-state index < -0.39 is 10.0 Å². The Bertz CT molecular complexity index is 717. The minimum atomic E-state index is -3.63. The van der Waals surface area contributed by atoms with Crippen molar-refractivity contribution in [3.63, 3.8) is 0 Å². The van der Waals surface area contributed by atoms with Crippen LogP contribution in [0.4, 0.5) is 0 Å². The summed E-state index contributed by atoms with van der Waals surface area (Å²) in [6.45, 7) is 6.79. The molecular weight excluding hydrogens is 390 g/mol. The smallest absolute Gasteiger partial charge is 0.255 e. The molecule has 7 nitrogen and oxygen atoms in total. The zero-order valence-corrected chi connectivity index (χ0v) is 17.8. The van der Waals surface area contributed by atoms with Crippen molar-refractivity contribution in [2.45, 2.75) is 31.6 Å². The number of amides is 1. The quantitative estimate of drug-likeness (QED) is 0.671. The van der Waals surface area contributed by atoms with Crippen LogP contribution in [-0.2, 0) is 10.0 Å². The Balaban J connectivity index is 0.00000364. The monoisotopic (exact) mass is 419 g/mol. The summed E-state index contributed by atoms with van der Waals surface area (Å²) in [4.78, 5) is 12.7. The van der Waals surface area contributed by atoms with Gasteiger partial charge in [0, 0.05) is 19.6 Å². The molecule has 9 heteroatoms. The number of piperidine rings is 1. The number of carbonyl (C=O) groups is 1. The molecule has 0 aliphatic carbocycles. The van der Waals surface area contributed by atoms with Crippen molar-refractivity contribution in [2.24, 2.45) is 5.92 Å². The average Bonchev–Trinajstić information content (AvgIpc) is 2.67. The Labute approximate surface area is 168 Å². The molecule has 1 heterocycles. The van der Waals surface area contributed by atoms with Gasteiger partial charge in [0.05, 0.1) is 17.6 Å². The molecule has 27 heavy (non-hydrogen) atoms. The maximum Gasteiger partial charge on any atom is 0.255 e. The van der Waals surface area contributed by atoms with Gasteiger partial charge < -0.3 is 15.4 Å². The number of hydrogen-bond acceptors (Lipinski definition) is 5. The molecule has 0 spiro atoms. The van der Waals surface area contributed by atoms with Crippen LogP contribution >= 0.6 is 12.4 Å². The second-order valence-corrected chi connectivity index (χ2v) is 8.31. The van der Waals surface area contributed by atoms with E-state index in [1.54, 1.807) is 13.8 Å². The van der Waals surface area contributed by atoms with Crippen LogP contribution in [0.3, 0.4) is 0 Å². The van der Waals surface area contributed by atoms with E-state index in [2.05, 4.69) is 10.6 Å². The molecule has 2 rings (SSSR count). The molecular formula is C18H30ClN3O4S. The first-order chi connectivity index (χ1) is 12.4. The maximum atomic E-state index is 12.7. The second-order valence-electron chi connectivity index (χ2n) is 6.37. The first-order valence-electron chi connectivity index (χ1n) is 9.11. The third kappa shape index (κ3) is 5.81. The van der Waals surface area contributed by atoms with E-state index in [0.29, 0.717) is 31.3 Å². The van der Waals surface area contributed by atoms with Gasteiger partial charge in [-0.2, -0.15) is 4.31 Å². The number of ether oxygens (including phenoxy) is 1. The molecule has 0 bridgehead atoms. The molecule has 1 fully saturated rings. The van der Waals surface area contributed by atoms with Crippen LogP contribution < -0.4 is 15.4 Å². The van der Waals surface area contributed by atoms with E-state index in [1.807, 2.05) is 0 Å². The molecule has 1 unspecified atom stereocenters. The van der Waals surface area contributed by atoms with Gasteiger partial charge in [-0.1, -0.05) is 13.8 Å². The number of methoxy groups -OCH3 is 1. The Kier molecular flexibility index (Phi) is 9.52. The Hall–Kier alpha value is -1.35. The highest BCUT2D eigenvalue weighted by molar-refractivity contribution is 7.89. The van der Waals surface area contributed by atoms with Crippen LogP contribution in [0.1, 0.15) is 37.0 Å². The zero-order valence-electron chi connectivity index (χ0n) is 16.2. The van der Waals surface area contributed by atoms with Crippen molar-refractivity contribution < 1.29 is 17.9 Å². The number of nitrogens with zero attached hydrogens (tertiary/aromatic N) is 1. The predicted octanol–water partition coefficient (Wildman–Crippen LogP) is 1.88. The van der Waals surface area contributed by atoms with Crippen LogP contribution in [0.15, 0.2) is 23.1 Å². The fourth-order valence-corrected chi connectivity index (χ4v) is 4.65. The summed E-state index contributed by atoms with van der Waals surface area (Å²) in [5.74, 6) is 0.438. The summed E-state index contributed by atoms with van der Waals surface area (Å²) in [6.07, 6.45) is 2.17. The number of benzene rings is 1. The Morgan fingerprint density at radius 2 is 2.04 bits per heavy atom. The first kappa shape index (κ1) is 23.7. The van der Waals surface area contributed by atoms with E-state index >= 15 is 0 Å². The predicted molar refractivity (Wildman–Crippen MR) is 108 cm³/mol. The van der Waals surface area contributed by atoms with E-state index in [0.717, 1.165) is 25.9 Å². The van der Waals surface area contributed by atoms with E-state index in [9.17, 15) is 13.2 Å². The number of carbonyl (C=O) groups excluding carboxylic acids is 1. The summed E-state index contributed by atoms with van der Waals surface area (Å²) in [5, 5.41) is 6.23. The summed E-state index contributed by atoms with van der Waals surface area (Å²) in [6, 6.07) is 4.42. The Morgan fingerprint density at radius 3 is 2.59 bits per heavy atom. The SMILES string of the molecule is CCN(CC)S(=O)(=O)c1ccc(OC)c(C(=O)NCC2CCCNC2)c1.Cl. The standard InChI is InChI=1S/C18H29N3O4S.ClH/c1-4-21(5-2)26(23,24)15-8-9-17(25-3)16(11-15)18(22)20-13-14-7-6-10-19-12-14;/h8-9,11,14,19H,4-7,10,12-13H2,1-3H3,(H,20,22);1H. The molecule has 2 N–H and O–H groups in total. The van der Waals surface area contributed by atoms with Gasteiger partial charge >= 0.3 is 0 Å². The van der Waals surface area contributed by atoms with Gasteiger partial charge in [0.25, 0.3) is 5.91 Å². The normalized spacial score (nSPS) is 17.3. The van der Waals surface area contributed by atoms with E-state index in [4.69, 9.17) is 4.74 Å². The van der Waals surface area contributed by atoms with Crippen molar-refractivity contribution in [1.82, 2.24) is 14.9 Å². The van der Waals surface area contributed by atoms with Gasteiger partial charge in [-0.15, -0.1) is 12.4 Å². The van der Waals surface area contributed by atoms with Gasteiger partial charge in [-0.05, 0) is 50.0 Å². The van der Waals surface area contributed by atoms with Crippen LogP contribution in [-0.4, -0.2) is 58.5 Å². The van der Waals surface area contributed by atoms with Gasteiger partial charge in [0.1, 0.15) is 5.75 Å². The number of rotatable bonds is 8. The van der Waals surface area contributed by atoms with Crippen LogP contribution in [0.25, 0.3) is 0 Å². The second kappa shape index (κ2) is 10.8.